The van der Waals surface area contributed by atoms with Gasteiger partial charge in [-0.3, -0.25) is 9.59 Å². The van der Waals surface area contributed by atoms with E-state index in [1.807, 2.05) is 0 Å². The topological polar surface area (TPSA) is 111 Å². The summed E-state index contributed by atoms with van der Waals surface area (Å²) in [6.45, 7) is 0.635. The summed E-state index contributed by atoms with van der Waals surface area (Å²) in [7, 11) is 1.56. The first-order chi connectivity index (χ1) is 18.4. The number of carboxylic acids is 1. The van der Waals surface area contributed by atoms with Crippen LogP contribution in [0.4, 0.5) is 0 Å². The van der Waals surface area contributed by atoms with E-state index in [1.165, 1.54) is 0 Å². The number of aromatic nitrogens is 1. The number of aliphatic carboxylic acids is 1. The summed E-state index contributed by atoms with van der Waals surface area (Å²) >= 11 is 12.0. The van der Waals surface area contributed by atoms with E-state index >= 15 is 0 Å². The van der Waals surface area contributed by atoms with Crippen LogP contribution in [0, 0.1) is 0 Å². The number of halogens is 2. The Balaban J connectivity index is 1.54. The van der Waals surface area contributed by atoms with E-state index in [-0.39, 0.29) is 23.7 Å². The van der Waals surface area contributed by atoms with E-state index in [0.717, 1.165) is 0 Å². The van der Waals surface area contributed by atoms with Crippen molar-refractivity contribution in [3.63, 3.8) is 0 Å². The molecule has 1 amide bonds. The number of carbonyl (C=O) groups is 2. The molecule has 0 bridgehead atoms. The van der Waals surface area contributed by atoms with Crippen LogP contribution in [0.1, 0.15) is 22.3 Å². The highest BCUT2D eigenvalue weighted by molar-refractivity contribution is 6.35. The second-order valence-corrected chi connectivity index (χ2v) is 9.11. The van der Waals surface area contributed by atoms with Gasteiger partial charge in [0.05, 0.1) is 25.2 Å². The smallest absolute Gasteiger partial charge is 0.307 e. The van der Waals surface area contributed by atoms with Crippen molar-refractivity contribution in [2.24, 2.45) is 0 Å². The molecule has 4 aromatic rings. The van der Waals surface area contributed by atoms with Crippen LogP contribution in [-0.4, -0.2) is 42.4 Å². The lowest BCUT2D eigenvalue weighted by Crippen LogP contribution is -2.26. The van der Waals surface area contributed by atoms with Gasteiger partial charge in [-0.05, 0) is 60.5 Å². The fraction of sp³-hybridized carbons (Fsp3) is 0.179. The SMILES string of the molecule is COc1ccc(-c2onc(-c3cccc(CC(=O)O)c3)c2C(=O)NCCCOc2ccc(Cl)cc2Cl)cc1. The molecular weight excluding hydrogens is 531 g/mol. The fourth-order valence-electron chi connectivity index (χ4n) is 3.78. The Morgan fingerprint density at radius 2 is 1.82 bits per heavy atom. The number of hydrogen-bond donors (Lipinski definition) is 2. The molecule has 0 aliphatic heterocycles. The Hall–Kier alpha value is -4.01. The first-order valence-electron chi connectivity index (χ1n) is 11.7. The zero-order valence-electron chi connectivity index (χ0n) is 20.4. The van der Waals surface area contributed by atoms with E-state index in [2.05, 4.69) is 10.5 Å². The second kappa shape index (κ2) is 12.5. The van der Waals surface area contributed by atoms with Crippen LogP contribution in [0.25, 0.3) is 22.6 Å². The van der Waals surface area contributed by atoms with Gasteiger partial charge in [-0.25, -0.2) is 0 Å². The number of methoxy groups -OCH3 is 1. The molecule has 38 heavy (non-hydrogen) atoms. The minimum Gasteiger partial charge on any atom is -0.497 e. The molecule has 196 valence electrons. The van der Waals surface area contributed by atoms with Gasteiger partial charge in [0.15, 0.2) is 5.76 Å². The Morgan fingerprint density at radius 3 is 2.53 bits per heavy atom. The zero-order chi connectivity index (χ0) is 27.1. The summed E-state index contributed by atoms with van der Waals surface area (Å²) < 4.78 is 16.5. The van der Waals surface area contributed by atoms with Gasteiger partial charge in [-0.15, -0.1) is 0 Å². The van der Waals surface area contributed by atoms with Gasteiger partial charge in [0.25, 0.3) is 5.91 Å². The van der Waals surface area contributed by atoms with Gasteiger partial charge >= 0.3 is 5.97 Å². The van der Waals surface area contributed by atoms with E-state index in [4.69, 9.17) is 37.2 Å². The van der Waals surface area contributed by atoms with Crippen LogP contribution in [0.5, 0.6) is 11.5 Å². The second-order valence-electron chi connectivity index (χ2n) is 8.27. The monoisotopic (exact) mass is 554 g/mol. The molecular formula is C28H24Cl2N2O6. The van der Waals surface area contributed by atoms with Gasteiger partial charge in [0.1, 0.15) is 22.8 Å². The van der Waals surface area contributed by atoms with E-state index in [0.29, 0.717) is 63.5 Å². The van der Waals surface area contributed by atoms with Gasteiger partial charge in [0, 0.05) is 22.7 Å². The third kappa shape index (κ3) is 6.65. The van der Waals surface area contributed by atoms with Crippen molar-refractivity contribution in [3.05, 3.63) is 87.9 Å². The molecule has 0 aliphatic rings. The lowest BCUT2D eigenvalue weighted by Gasteiger charge is -2.10. The van der Waals surface area contributed by atoms with Crippen LogP contribution in [0.15, 0.2) is 71.3 Å². The van der Waals surface area contributed by atoms with Crippen molar-refractivity contribution in [2.75, 3.05) is 20.3 Å². The lowest BCUT2D eigenvalue weighted by atomic mass is 9.99. The summed E-state index contributed by atoms with van der Waals surface area (Å²) in [6, 6.07) is 18.9. The van der Waals surface area contributed by atoms with Crippen molar-refractivity contribution in [2.45, 2.75) is 12.8 Å². The Bertz CT molecular complexity index is 1440. The molecule has 0 unspecified atom stereocenters. The van der Waals surface area contributed by atoms with Crippen molar-refractivity contribution in [3.8, 4) is 34.1 Å². The molecule has 0 saturated carbocycles. The predicted octanol–water partition coefficient (Wildman–Crippen LogP) is 6.15. The summed E-state index contributed by atoms with van der Waals surface area (Å²) in [4.78, 5) is 24.6. The van der Waals surface area contributed by atoms with Gasteiger partial charge in [0.2, 0.25) is 0 Å². The quantitative estimate of drug-likeness (QED) is 0.214. The summed E-state index contributed by atoms with van der Waals surface area (Å²) in [5.74, 6) is 0.0999. The van der Waals surface area contributed by atoms with Crippen molar-refractivity contribution in [1.29, 1.82) is 0 Å². The van der Waals surface area contributed by atoms with Crippen LogP contribution in [-0.2, 0) is 11.2 Å². The molecule has 8 nitrogen and oxygen atoms in total. The molecule has 0 atom stereocenters. The molecule has 0 radical (unpaired) electrons. The number of ether oxygens (including phenoxy) is 2. The normalized spacial score (nSPS) is 10.7. The lowest BCUT2D eigenvalue weighted by molar-refractivity contribution is -0.136. The average molecular weight is 555 g/mol. The third-order valence-electron chi connectivity index (χ3n) is 5.59. The summed E-state index contributed by atoms with van der Waals surface area (Å²) in [6.07, 6.45) is 0.355. The van der Waals surface area contributed by atoms with Gasteiger partial charge in [-0.1, -0.05) is 46.6 Å². The largest absolute Gasteiger partial charge is 0.497 e. The number of nitrogens with one attached hydrogen (secondary N) is 1. The highest BCUT2D eigenvalue weighted by Crippen LogP contribution is 2.33. The number of benzene rings is 3. The number of carbonyl (C=O) groups excluding carboxylic acids is 1. The highest BCUT2D eigenvalue weighted by Gasteiger charge is 2.25. The fourth-order valence-corrected chi connectivity index (χ4v) is 4.24. The van der Waals surface area contributed by atoms with Crippen molar-refractivity contribution < 1.29 is 28.7 Å². The van der Waals surface area contributed by atoms with E-state index in [1.54, 1.807) is 73.8 Å². The van der Waals surface area contributed by atoms with E-state index in [9.17, 15) is 14.7 Å². The maximum absolute atomic E-state index is 13.4. The first kappa shape index (κ1) is 27.0. The maximum Gasteiger partial charge on any atom is 0.307 e. The minimum absolute atomic E-state index is 0.157. The summed E-state index contributed by atoms with van der Waals surface area (Å²) in [5.41, 5.74) is 2.33. The van der Waals surface area contributed by atoms with Crippen molar-refractivity contribution in [1.82, 2.24) is 10.5 Å². The third-order valence-corrected chi connectivity index (χ3v) is 6.12. The number of hydrogen-bond acceptors (Lipinski definition) is 6. The standard InChI is InChI=1S/C28H24Cl2N2O6/c1-36-21-9-6-18(7-10-21)27-25(26(32-38-27)19-5-2-4-17(14-19)15-24(33)34)28(35)31-12-3-13-37-23-11-8-20(29)16-22(23)30/h2,4-11,14,16H,3,12-13,15H2,1H3,(H,31,35)(H,33,34). The molecule has 4 rings (SSSR count). The van der Waals surface area contributed by atoms with Crippen LogP contribution >= 0.6 is 23.2 Å². The number of carboxylic acid groups (broad SMARTS) is 1. The molecule has 0 aliphatic carbocycles. The zero-order valence-corrected chi connectivity index (χ0v) is 21.9. The van der Waals surface area contributed by atoms with Crippen LogP contribution in [0.3, 0.4) is 0 Å². The minimum atomic E-state index is -0.957. The number of nitrogens with zero attached hydrogens (tertiary/aromatic N) is 1. The van der Waals surface area contributed by atoms with E-state index < -0.39 is 5.97 Å². The first-order valence-corrected chi connectivity index (χ1v) is 12.4. The maximum atomic E-state index is 13.4. The van der Waals surface area contributed by atoms with Gasteiger partial charge < -0.3 is 24.4 Å². The molecule has 0 spiro atoms. The molecule has 1 aromatic heterocycles. The Morgan fingerprint density at radius 1 is 1.03 bits per heavy atom. The van der Waals surface area contributed by atoms with Gasteiger partial charge in [-0.2, -0.15) is 0 Å². The van der Waals surface area contributed by atoms with Crippen molar-refractivity contribution >= 4 is 35.1 Å². The summed E-state index contributed by atoms with van der Waals surface area (Å²) in [5, 5.41) is 17.2. The Kier molecular flexibility index (Phi) is 8.89. The predicted molar refractivity (Wildman–Crippen MR) is 144 cm³/mol. The van der Waals surface area contributed by atoms with Crippen LogP contribution < -0.4 is 14.8 Å². The number of rotatable bonds is 11. The highest BCUT2D eigenvalue weighted by atomic mass is 35.5. The Labute approximate surface area is 229 Å². The average Bonchev–Trinajstić information content (AvgIpc) is 3.35. The molecule has 10 heteroatoms. The molecule has 0 saturated heterocycles. The molecule has 3 aromatic carbocycles. The molecule has 1 heterocycles. The molecule has 2 N–H and O–H groups in total. The molecule has 0 fully saturated rings. The number of amides is 1. The van der Waals surface area contributed by atoms with Crippen LogP contribution in [0.2, 0.25) is 10.0 Å².